The maximum atomic E-state index is 14.7. The van der Waals surface area contributed by atoms with Gasteiger partial charge in [-0.15, -0.1) is 11.3 Å². The average Bonchev–Trinajstić information content (AvgIpc) is 3.58. The molecule has 2 amide bonds. The van der Waals surface area contributed by atoms with Crippen molar-refractivity contribution in [3.8, 4) is 22.1 Å². The van der Waals surface area contributed by atoms with Crippen LogP contribution >= 0.6 is 11.3 Å². The fraction of sp³-hybridized carbons (Fsp3) is 0.148. The molecule has 0 saturated carbocycles. The molecule has 2 aromatic carbocycles. The van der Waals surface area contributed by atoms with Gasteiger partial charge in [-0.1, -0.05) is 18.2 Å². The molecule has 3 aromatic heterocycles. The van der Waals surface area contributed by atoms with Gasteiger partial charge in [-0.3, -0.25) is 14.2 Å². The fourth-order valence-corrected chi connectivity index (χ4v) is 5.72. The van der Waals surface area contributed by atoms with E-state index in [0.717, 1.165) is 32.6 Å². The lowest BCUT2D eigenvalue weighted by molar-refractivity contribution is 0.114. The molecular weight excluding hydrogens is 560 g/mol. The smallest absolute Gasteiger partial charge is 0.343 e. The molecule has 14 heteroatoms. The molecule has 0 aliphatic heterocycles. The topological polar surface area (TPSA) is 140 Å². The number of halogens is 2. The Balaban J connectivity index is 1.75. The van der Waals surface area contributed by atoms with E-state index >= 15 is 0 Å². The Morgan fingerprint density at radius 2 is 1.73 bits per heavy atom. The summed E-state index contributed by atoms with van der Waals surface area (Å²) in [6.07, 6.45) is 0. The van der Waals surface area contributed by atoms with Crippen molar-refractivity contribution in [1.29, 1.82) is 0 Å². The largest absolute Gasteiger partial charge is 0.482 e. The molecule has 0 fully saturated rings. The number of aliphatic hydroxyl groups is 1. The van der Waals surface area contributed by atoms with Crippen LogP contribution in [0.25, 0.3) is 26.5 Å². The SMILES string of the molecule is CONC(=O)Nc1ccc(-c2sc3c(c2CO)c(=O)n(-c2ccc(OC)[nH]2)c(=O)n3Cc2c(F)cccc2F)cc1. The number of amides is 2. The van der Waals surface area contributed by atoms with Gasteiger partial charge >= 0.3 is 11.7 Å². The second-order valence-electron chi connectivity index (χ2n) is 8.71. The Morgan fingerprint density at radius 3 is 2.34 bits per heavy atom. The van der Waals surface area contributed by atoms with Gasteiger partial charge in [0.1, 0.15) is 22.3 Å². The van der Waals surface area contributed by atoms with E-state index in [1.54, 1.807) is 24.3 Å². The van der Waals surface area contributed by atoms with Crippen molar-refractivity contribution in [2.45, 2.75) is 13.2 Å². The first-order chi connectivity index (χ1) is 19.8. The van der Waals surface area contributed by atoms with Crippen LogP contribution in [0.2, 0.25) is 0 Å². The van der Waals surface area contributed by atoms with Gasteiger partial charge in [0, 0.05) is 27.8 Å². The Bertz CT molecular complexity index is 1860. The molecule has 5 aromatic rings. The van der Waals surface area contributed by atoms with E-state index in [-0.39, 0.29) is 33.0 Å². The molecule has 0 atom stereocenters. The van der Waals surface area contributed by atoms with Crippen LogP contribution < -0.4 is 26.8 Å². The number of fused-ring (bicyclic) bond motifs is 1. The molecule has 4 N–H and O–H groups in total. The number of aliphatic hydroxyl groups excluding tert-OH is 1. The van der Waals surface area contributed by atoms with Crippen molar-refractivity contribution in [1.82, 2.24) is 19.6 Å². The first-order valence-corrected chi connectivity index (χ1v) is 12.9. The van der Waals surface area contributed by atoms with Crippen LogP contribution in [0.1, 0.15) is 11.1 Å². The number of H-pyrrole nitrogens is 1. The number of urea groups is 1. The highest BCUT2D eigenvalue weighted by Gasteiger charge is 2.25. The highest BCUT2D eigenvalue weighted by molar-refractivity contribution is 7.22. The zero-order valence-electron chi connectivity index (χ0n) is 21.7. The number of methoxy groups -OCH3 is 1. The Kier molecular flexibility index (Phi) is 7.70. The van der Waals surface area contributed by atoms with E-state index in [2.05, 4.69) is 20.6 Å². The lowest BCUT2D eigenvalue weighted by Crippen LogP contribution is -2.39. The minimum atomic E-state index is -0.857. The molecule has 41 heavy (non-hydrogen) atoms. The third-order valence-corrected chi connectivity index (χ3v) is 7.62. The number of hydrogen-bond donors (Lipinski definition) is 4. The summed E-state index contributed by atoms with van der Waals surface area (Å²) >= 11 is 1.02. The van der Waals surface area contributed by atoms with E-state index in [1.165, 1.54) is 32.4 Å². The van der Waals surface area contributed by atoms with Crippen LogP contribution in [-0.4, -0.2) is 39.5 Å². The monoisotopic (exact) mass is 583 g/mol. The van der Waals surface area contributed by atoms with Crippen LogP contribution in [0.3, 0.4) is 0 Å². The molecule has 0 aliphatic carbocycles. The van der Waals surface area contributed by atoms with Crippen molar-refractivity contribution in [3.63, 3.8) is 0 Å². The average molecular weight is 584 g/mol. The van der Waals surface area contributed by atoms with E-state index < -0.39 is 42.1 Å². The van der Waals surface area contributed by atoms with Crippen molar-refractivity contribution >= 4 is 33.3 Å². The van der Waals surface area contributed by atoms with Crippen LogP contribution in [-0.2, 0) is 18.0 Å². The number of aromatic amines is 1. The number of nitrogens with zero attached hydrogens (tertiary/aromatic N) is 2. The van der Waals surface area contributed by atoms with Crippen molar-refractivity contribution in [3.05, 3.63) is 98.2 Å². The van der Waals surface area contributed by atoms with Crippen LogP contribution in [0, 0.1) is 11.6 Å². The summed E-state index contributed by atoms with van der Waals surface area (Å²) in [6.45, 7) is -1.09. The van der Waals surface area contributed by atoms with E-state index in [1.807, 2.05) is 0 Å². The molecule has 3 heterocycles. The number of anilines is 1. The summed E-state index contributed by atoms with van der Waals surface area (Å²) in [5.41, 5.74) is 1.41. The van der Waals surface area contributed by atoms with E-state index in [9.17, 15) is 28.3 Å². The lowest BCUT2D eigenvalue weighted by atomic mass is 10.1. The molecule has 5 rings (SSSR count). The molecule has 0 aliphatic rings. The second kappa shape index (κ2) is 11.4. The number of hydrogen-bond acceptors (Lipinski definition) is 7. The standard InChI is InChI=1S/C27H23F2N5O6S/c1-39-21-11-10-20(31-21)34-24(36)22-17(13-35)23(14-6-8-15(9-7-14)30-26(37)32-40-2)41-25(22)33(27(34)38)12-16-18(28)4-3-5-19(16)29/h3-11,31,35H,12-13H2,1-2H3,(H2,30,32,37). The highest BCUT2D eigenvalue weighted by atomic mass is 32.1. The number of rotatable bonds is 8. The number of hydroxylamine groups is 1. The Hall–Kier alpha value is -4.79. The maximum absolute atomic E-state index is 14.7. The number of aromatic nitrogens is 3. The quantitative estimate of drug-likeness (QED) is 0.205. The number of benzene rings is 2. The highest BCUT2D eigenvalue weighted by Crippen LogP contribution is 2.38. The third kappa shape index (κ3) is 5.11. The van der Waals surface area contributed by atoms with Crippen LogP contribution in [0.15, 0.2) is 64.2 Å². The first kappa shape index (κ1) is 27.8. The Morgan fingerprint density at radius 1 is 1.02 bits per heavy atom. The predicted octanol–water partition coefficient (Wildman–Crippen LogP) is 3.72. The number of carbonyl (C=O) groups excluding carboxylic acids is 1. The Labute approximate surface area is 234 Å². The minimum absolute atomic E-state index is 0.0130. The summed E-state index contributed by atoms with van der Waals surface area (Å²) in [6, 6.07) is 12.2. The lowest BCUT2D eigenvalue weighted by Gasteiger charge is -2.12. The van der Waals surface area contributed by atoms with Gasteiger partial charge in [-0.25, -0.2) is 28.4 Å². The summed E-state index contributed by atoms with van der Waals surface area (Å²) in [5, 5.41) is 13.0. The zero-order valence-corrected chi connectivity index (χ0v) is 22.5. The number of nitrogens with one attached hydrogen (secondary N) is 3. The van der Waals surface area contributed by atoms with E-state index in [4.69, 9.17) is 4.74 Å². The van der Waals surface area contributed by atoms with Gasteiger partial charge < -0.3 is 20.1 Å². The normalized spacial score (nSPS) is 11.1. The molecule has 0 unspecified atom stereocenters. The summed E-state index contributed by atoms with van der Waals surface area (Å²) in [7, 11) is 2.70. The van der Waals surface area contributed by atoms with Crippen molar-refractivity contribution < 1.29 is 28.3 Å². The zero-order chi connectivity index (χ0) is 29.3. The van der Waals surface area contributed by atoms with Gasteiger partial charge in [0.15, 0.2) is 5.88 Å². The molecule has 0 saturated heterocycles. The molecule has 212 valence electrons. The summed E-state index contributed by atoms with van der Waals surface area (Å²) < 4.78 is 36.4. The van der Waals surface area contributed by atoms with Crippen LogP contribution in [0.5, 0.6) is 5.88 Å². The van der Waals surface area contributed by atoms with Gasteiger partial charge in [0.2, 0.25) is 0 Å². The predicted molar refractivity (Wildman–Crippen MR) is 149 cm³/mol. The number of ether oxygens (including phenoxy) is 1. The fourth-order valence-electron chi connectivity index (χ4n) is 4.41. The first-order valence-electron chi connectivity index (χ1n) is 12.1. The molecule has 0 bridgehead atoms. The summed E-state index contributed by atoms with van der Waals surface area (Å²) in [5.74, 6) is -1.37. The minimum Gasteiger partial charge on any atom is -0.482 e. The van der Waals surface area contributed by atoms with Crippen molar-refractivity contribution in [2.75, 3.05) is 19.5 Å². The summed E-state index contributed by atoms with van der Waals surface area (Å²) in [4.78, 5) is 47.3. The molecular formula is C27H23F2N5O6S. The van der Waals surface area contributed by atoms with E-state index in [0.29, 0.717) is 16.1 Å². The van der Waals surface area contributed by atoms with Crippen LogP contribution in [0.4, 0.5) is 19.3 Å². The maximum Gasteiger partial charge on any atom is 0.343 e. The third-order valence-electron chi connectivity index (χ3n) is 6.31. The van der Waals surface area contributed by atoms with Gasteiger partial charge in [-0.05, 0) is 35.9 Å². The van der Waals surface area contributed by atoms with Gasteiger partial charge in [0.25, 0.3) is 5.56 Å². The second-order valence-corrected chi connectivity index (χ2v) is 9.71. The molecule has 0 radical (unpaired) electrons. The number of thiophene rings is 1. The number of carbonyl (C=O) groups is 1. The molecule has 11 nitrogen and oxygen atoms in total. The molecule has 0 spiro atoms. The van der Waals surface area contributed by atoms with Gasteiger partial charge in [-0.2, -0.15) is 0 Å². The van der Waals surface area contributed by atoms with Crippen molar-refractivity contribution in [2.24, 2.45) is 0 Å². The van der Waals surface area contributed by atoms with Gasteiger partial charge in [0.05, 0.1) is 32.8 Å².